The number of imidazole rings is 1. The largest absolute Gasteiger partial charge is 0.454 e. The molecule has 2 aliphatic heterocycles. The lowest BCUT2D eigenvalue weighted by Gasteiger charge is -2.24. The van der Waals surface area contributed by atoms with Crippen LogP contribution in [0.4, 0.5) is 0 Å². The molecule has 0 N–H and O–H groups in total. The van der Waals surface area contributed by atoms with Crippen molar-refractivity contribution in [3.63, 3.8) is 0 Å². The van der Waals surface area contributed by atoms with E-state index in [1.807, 2.05) is 22.0 Å². The monoisotopic (exact) mass is 348 g/mol. The Bertz CT molecular complexity index is 964. The smallest absolute Gasteiger partial charge is 0.312 e. The van der Waals surface area contributed by atoms with Gasteiger partial charge in [-0.2, -0.15) is 0 Å². The summed E-state index contributed by atoms with van der Waals surface area (Å²) in [4.78, 5) is 17.2. The number of rotatable bonds is 1. The molecule has 0 radical (unpaired) electrons. The van der Waals surface area contributed by atoms with Crippen molar-refractivity contribution in [3.8, 4) is 17.2 Å². The van der Waals surface area contributed by atoms with Crippen LogP contribution in [0.25, 0.3) is 4.96 Å². The number of benzene rings is 1. The number of aromatic nitrogens is 2. The minimum atomic E-state index is -0.303. The van der Waals surface area contributed by atoms with Crippen LogP contribution in [-0.2, 0) is 4.79 Å². The van der Waals surface area contributed by atoms with Gasteiger partial charge in [0.1, 0.15) is 5.75 Å². The Labute approximate surface area is 139 Å². The molecule has 0 spiro atoms. The highest BCUT2D eigenvalue weighted by Crippen LogP contribution is 2.47. The molecular formula is C15H9ClN2O4S. The normalized spacial score (nSPS) is 19.0. The number of ether oxygens (including phenoxy) is 3. The van der Waals surface area contributed by atoms with Gasteiger partial charge in [0.05, 0.1) is 12.1 Å². The van der Waals surface area contributed by atoms with Crippen molar-refractivity contribution in [1.82, 2.24) is 9.38 Å². The molecule has 2 aliphatic rings. The third-order valence-corrected chi connectivity index (χ3v) is 5.09. The Morgan fingerprint density at radius 1 is 1.26 bits per heavy atom. The predicted molar refractivity (Wildman–Crippen MR) is 82.7 cm³/mol. The number of hydrogen-bond donors (Lipinski definition) is 0. The van der Waals surface area contributed by atoms with Gasteiger partial charge in [-0.15, -0.1) is 11.3 Å². The molecule has 0 saturated carbocycles. The molecule has 2 aromatic heterocycles. The average Bonchev–Trinajstić information content (AvgIpc) is 3.19. The summed E-state index contributed by atoms with van der Waals surface area (Å²) in [6, 6.07) is 3.55. The first kappa shape index (κ1) is 13.2. The summed E-state index contributed by atoms with van der Waals surface area (Å²) in [5, 5.41) is 2.34. The van der Waals surface area contributed by atoms with Crippen LogP contribution < -0.4 is 14.2 Å². The zero-order valence-corrected chi connectivity index (χ0v) is 13.2. The maximum atomic E-state index is 12.1. The lowest BCUT2D eigenvalue weighted by atomic mass is 9.89. The van der Waals surface area contributed by atoms with Crippen LogP contribution in [0.3, 0.4) is 0 Å². The van der Waals surface area contributed by atoms with Gasteiger partial charge in [0.25, 0.3) is 0 Å². The molecule has 5 rings (SSSR count). The summed E-state index contributed by atoms with van der Waals surface area (Å²) in [6.45, 7) is 0.166. The summed E-state index contributed by atoms with van der Waals surface area (Å²) in [5.41, 5.74) is 1.64. The molecule has 23 heavy (non-hydrogen) atoms. The Hall–Kier alpha value is -2.25. The Morgan fingerprint density at radius 2 is 2.09 bits per heavy atom. The van der Waals surface area contributed by atoms with E-state index in [-0.39, 0.29) is 25.1 Å². The van der Waals surface area contributed by atoms with E-state index in [2.05, 4.69) is 4.98 Å². The quantitative estimate of drug-likeness (QED) is 0.499. The Balaban J connectivity index is 1.74. The van der Waals surface area contributed by atoms with Gasteiger partial charge in [-0.3, -0.25) is 9.20 Å². The van der Waals surface area contributed by atoms with Crippen molar-refractivity contribution in [3.05, 3.63) is 40.1 Å². The van der Waals surface area contributed by atoms with Crippen LogP contribution in [0.15, 0.2) is 23.7 Å². The summed E-state index contributed by atoms with van der Waals surface area (Å²) in [7, 11) is 0. The predicted octanol–water partition coefficient (Wildman–Crippen LogP) is 3.22. The second kappa shape index (κ2) is 4.62. The molecule has 1 aromatic carbocycles. The number of nitrogens with zero attached hydrogens (tertiary/aromatic N) is 2. The average molecular weight is 349 g/mol. The van der Waals surface area contributed by atoms with Gasteiger partial charge in [0.15, 0.2) is 21.6 Å². The van der Waals surface area contributed by atoms with Crippen LogP contribution in [0.1, 0.15) is 23.6 Å². The van der Waals surface area contributed by atoms with Crippen molar-refractivity contribution in [2.75, 3.05) is 6.79 Å². The number of hydrogen-bond acceptors (Lipinski definition) is 6. The molecule has 8 heteroatoms. The van der Waals surface area contributed by atoms with Gasteiger partial charge in [-0.25, -0.2) is 4.98 Å². The van der Waals surface area contributed by atoms with E-state index in [1.54, 1.807) is 6.07 Å². The highest BCUT2D eigenvalue weighted by Gasteiger charge is 2.34. The third kappa shape index (κ3) is 1.87. The SMILES string of the molecule is O=C1C[C@H](c2c(Cl)nc3sccn23)c2cc3c(cc2O1)OCO3. The lowest BCUT2D eigenvalue weighted by molar-refractivity contribution is -0.135. The van der Waals surface area contributed by atoms with Gasteiger partial charge in [0.2, 0.25) is 6.79 Å². The second-order valence-electron chi connectivity index (χ2n) is 5.32. The molecule has 116 valence electrons. The Kier molecular flexibility index (Phi) is 2.66. The molecular weight excluding hydrogens is 340 g/mol. The topological polar surface area (TPSA) is 62.1 Å². The molecule has 3 aromatic rings. The minimum absolute atomic E-state index is 0.166. The zero-order valence-electron chi connectivity index (χ0n) is 11.6. The first-order chi connectivity index (χ1) is 11.2. The number of thiazole rings is 1. The number of carbonyl (C=O) groups is 1. The van der Waals surface area contributed by atoms with E-state index in [4.69, 9.17) is 25.8 Å². The van der Waals surface area contributed by atoms with Crippen LogP contribution in [-0.4, -0.2) is 22.1 Å². The van der Waals surface area contributed by atoms with Crippen LogP contribution in [0, 0.1) is 0 Å². The highest BCUT2D eigenvalue weighted by atomic mass is 35.5. The van der Waals surface area contributed by atoms with Crippen LogP contribution in [0.5, 0.6) is 17.2 Å². The van der Waals surface area contributed by atoms with Gasteiger partial charge in [-0.05, 0) is 6.07 Å². The summed E-state index contributed by atoms with van der Waals surface area (Å²) >= 11 is 7.84. The zero-order chi connectivity index (χ0) is 15.6. The third-order valence-electron chi connectivity index (χ3n) is 4.06. The first-order valence-electron chi connectivity index (χ1n) is 6.96. The molecule has 0 unspecified atom stereocenters. The summed E-state index contributed by atoms with van der Waals surface area (Å²) in [6.07, 6.45) is 2.11. The molecule has 6 nitrogen and oxygen atoms in total. The molecule has 0 saturated heterocycles. The van der Waals surface area contributed by atoms with E-state index in [1.165, 1.54) is 11.3 Å². The maximum absolute atomic E-state index is 12.1. The fourth-order valence-corrected chi connectivity index (χ4v) is 4.15. The van der Waals surface area contributed by atoms with Gasteiger partial charge < -0.3 is 14.2 Å². The highest BCUT2D eigenvalue weighted by molar-refractivity contribution is 7.15. The fourth-order valence-electron chi connectivity index (χ4n) is 3.07. The number of halogens is 1. The van der Waals surface area contributed by atoms with Gasteiger partial charge in [-0.1, -0.05) is 11.6 Å². The molecule has 0 aliphatic carbocycles. The minimum Gasteiger partial charge on any atom is -0.454 e. The van der Waals surface area contributed by atoms with E-state index >= 15 is 0 Å². The van der Waals surface area contributed by atoms with E-state index in [0.29, 0.717) is 22.4 Å². The van der Waals surface area contributed by atoms with E-state index < -0.39 is 0 Å². The van der Waals surface area contributed by atoms with Crippen molar-refractivity contribution >= 4 is 33.9 Å². The van der Waals surface area contributed by atoms with Gasteiger partial charge >= 0.3 is 5.97 Å². The lowest BCUT2D eigenvalue weighted by Crippen LogP contribution is -2.22. The van der Waals surface area contributed by atoms with Crippen molar-refractivity contribution in [1.29, 1.82) is 0 Å². The molecule has 0 amide bonds. The number of fused-ring (bicyclic) bond motifs is 3. The second-order valence-corrected chi connectivity index (χ2v) is 6.55. The standard InChI is InChI=1S/C15H9ClN2O4S/c16-14-13(18-1-2-23-15(18)17-14)8-4-12(19)22-9-5-11-10(3-7(8)9)20-6-21-11/h1-3,5,8H,4,6H2/t8-/m0/s1. The van der Waals surface area contributed by atoms with Crippen LogP contribution in [0.2, 0.25) is 5.15 Å². The molecule has 4 heterocycles. The van der Waals surface area contributed by atoms with Gasteiger partial charge in [0, 0.05) is 29.1 Å². The van der Waals surface area contributed by atoms with Crippen molar-refractivity contribution in [2.45, 2.75) is 12.3 Å². The number of carbonyl (C=O) groups excluding carboxylic acids is 1. The van der Waals surface area contributed by atoms with E-state index in [9.17, 15) is 4.79 Å². The summed E-state index contributed by atoms with van der Waals surface area (Å²) in [5.74, 6) is 1.17. The van der Waals surface area contributed by atoms with Crippen LogP contribution >= 0.6 is 22.9 Å². The number of esters is 1. The Morgan fingerprint density at radius 3 is 2.96 bits per heavy atom. The first-order valence-corrected chi connectivity index (χ1v) is 8.21. The molecule has 0 bridgehead atoms. The maximum Gasteiger partial charge on any atom is 0.312 e. The summed E-state index contributed by atoms with van der Waals surface area (Å²) < 4.78 is 18.1. The molecule has 1 atom stereocenters. The molecule has 0 fully saturated rings. The fraction of sp³-hybridized carbons (Fsp3) is 0.200. The van der Waals surface area contributed by atoms with Crippen molar-refractivity contribution in [2.24, 2.45) is 0 Å². The van der Waals surface area contributed by atoms with E-state index in [0.717, 1.165) is 16.2 Å². The van der Waals surface area contributed by atoms with Crippen molar-refractivity contribution < 1.29 is 19.0 Å².